The lowest BCUT2D eigenvalue weighted by atomic mass is 10.0. The molecule has 5 rings (SSSR count). The predicted molar refractivity (Wildman–Crippen MR) is 150 cm³/mol. The number of methoxy groups -OCH3 is 1. The van der Waals surface area contributed by atoms with E-state index in [0.29, 0.717) is 17.0 Å². The number of fused-ring (bicyclic) bond motifs is 1. The summed E-state index contributed by atoms with van der Waals surface area (Å²) in [6.45, 7) is -0.720. The summed E-state index contributed by atoms with van der Waals surface area (Å²) in [6.07, 6.45) is -3.66. The Bertz CT molecular complexity index is 1760. The number of hydroxylamine groups is 2. The fraction of sp³-hybridized carbons (Fsp3) is 0.250. The minimum Gasteiger partial charge on any atom is -0.497 e. The molecule has 0 spiro atoms. The van der Waals surface area contributed by atoms with Gasteiger partial charge in [-0.1, -0.05) is 33.9 Å². The first kappa shape index (κ1) is 30.4. The zero-order valence-electron chi connectivity index (χ0n) is 22.4. The zero-order valence-corrected chi connectivity index (χ0v) is 23.9. The molecule has 1 amide bonds. The first-order valence-electron chi connectivity index (χ1n) is 12.8. The maximum absolute atomic E-state index is 14.9. The molecule has 0 saturated carbocycles. The van der Waals surface area contributed by atoms with E-state index in [9.17, 15) is 31.9 Å². The Balaban J connectivity index is 1.39. The van der Waals surface area contributed by atoms with E-state index in [1.807, 2.05) is 0 Å². The van der Waals surface area contributed by atoms with Crippen LogP contribution in [0.1, 0.15) is 21.6 Å². The number of nitrogens with zero attached hydrogens (tertiary/aromatic N) is 3. The highest BCUT2D eigenvalue weighted by atomic mass is 35.5. The molecule has 1 aliphatic rings. The van der Waals surface area contributed by atoms with Crippen LogP contribution < -0.4 is 14.9 Å². The highest BCUT2D eigenvalue weighted by molar-refractivity contribution is 6.42. The van der Waals surface area contributed by atoms with Crippen molar-refractivity contribution in [3.63, 3.8) is 0 Å². The standard InChI is InChI=1S/C28H22Cl2F4N4O5/c1-42-19-5-3-18(4-6-19)38(43-27(41)28(32,33)34)10-8-36(9-11-38)26(40)20-13-16(2-7-22(20)31)12-17-15-35-25(39)23-14-21(29)24(30)37(17)23/h2-7,13-15H,8-12H2,1H3/p+1. The minimum atomic E-state index is -5.23. The van der Waals surface area contributed by atoms with Crippen LogP contribution in [-0.2, 0) is 16.1 Å². The Morgan fingerprint density at radius 3 is 2.35 bits per heavy atom. The quantitative estimate of drug-likeness (QED) is 0.232. The number of aromatic nitrogens is 2. The molecule has 0 atom stereocenters. The third-order valence-corrected chi connectivity index (χ3v) is 7.97. The number of alkyl halides is 3. The summed E-state index contributed by atoms with van der Waals surface area (Å²) < 4.78 is 60.1. The molecule has 9 nitrogen and oxygen atoms in total. The van der Waals surface area contributed by atoms with Gasteiger partial charge in [-0.15, -0.1) is 0 Å². The van der Waals surface area contributed by atoms with Crippen LogP contribution in [0.5, 0.6) is 5.75 Å². The van der Waals surface area contributed by atoms with Gasteiger partial charge in [-0.3, -0.25) is 18.8 Å². The highest BCUT2D eigenvalue weighted by Gasteiger charge is 2.50. The largest absolute Gasteiger partial charge is 0.497 e. The van der Waals surface area contributed by atoms with E-state index in [-0.39, 0.29) is 59.5 Å². The van der Waals surface area contributed by atoms with Gasteiger partial charge in [-0.2, -0.15) is 13.2 Å². The Morgan fingerprint density at radius 2 is 1.72 bits per heavy atom. The number of H-pyrrole nitrogens is 1. The summed E-state index contributed by atoms with van der Waals surface area (Å²) in [4.78, 5) is 46.4. The number of rotatable bonds is 6. The molecule has 1 aliphatic heterocycles. The van der Waals surface area contributed by atoms with Crippen LogP contribution in [0, 0.1) is 5.82 Å². The van der Waals surface area contributed by atoms with Crippen molar-refractivity contribution in [2.45, 2.75) is 12.6 Å². The summed E-state index contributed by atoms with van der Waals surface area (Å²) in [5, 5.41) is 0.291. The molecule has 2 aromatic heterocycles. The molecule has 226 valence electrons. The van der Waals surface area contributed by atoms with Crippen LogP contribution in [0.4, 0.5) is 23.2 Å². The van der Waals surface area contributed by atoms with Gasteiger partial charge < -0.3 is 14.6 Å². The molecule has 1 N–H and O–H groups in total. The number of ether oxygens (including phenoxy) is 1. The van der Waals surface area contributed by atoms with Crippen LogP contribution in [-0.4, -0.2) is 65.6 Å². The number of amides is 1. The molecule has 2 aromatic carbocycles. The minimum absolute atomic E-state index is 0.120. The maximum atomic E-state index is 14.9. The number of benzene rings is 2. The van der Waals surface area contributed by atoms with Gasteiger partial charge in [-0.05, 0) is 35.9 Å². The lowest BCUT2D eigenvalue weighted by Gasteiger charge is -2.40. The second kappa shape index (κ2) is 11.5. The molecule has 4 aromatic rings. The Kier molecular flexibility index (Phi) is 8.16. The second-order valence-electron chi connectivity index (χ2n) is 9.81. The Hall–Kier alpha value is -4.07. The smallest absolute Gasteiger partial charge is 0.497 e. The van der Waals surface area contributed by atoms with Crippen LogP contribution in [0.25, 0.3) is 5.52 Å². The lowest BCUT2D eigenvalue weighted by Crippen LogP contribution is -2.63. The van der Waals surface area contributed by atoms with Gasteiger partial charge in [-0.25, -0.2) is 9.18 Å². The van der Waals surface area contributed by atoms with Crippen LogP contribution in [0.15, 0.2) is 59.5 Å². The first-order valence-corrected chi connectivity index (χ1v) is 13.6. The summed E-state index contributed by atoms with van der Waals surface area (Å²) in [5.41, 5.74) is 0.814. The predicted octanol–water partition coefficient (Wildman–Crippen LogP) is 5.16. The molecule has 1 fully saturated rings. The average Bonchev–Trinajstić information content (AvgIpc) is 3.29. The first-order chi connectivity index (χ1) is 20.3. The van der Waals surface area contributed by atoms with Crippen molar-refractivity contribution in [2.24, 2.45) is 0 Å². The molecule has 0 bridgehead atoms. The topological polar surface area (TPSA) is 93.1 Å². The van der Waals surface area contributed by atoms with E-state index in [1.54, 1.807) is 0 Å². The number of halogens is 6. The highest BCUT2D eigenvalue weighted by Crippen LogP contribution is 2.32. The van der Waals surface area contributed by atoms with Gasteiger partial charge in [0.1, 0.15) is 35.3 Å². The van der Waals surface area contributed by atoms with Crippen LogP contribution in [0.2, 0.25) is 10.2 Å². The Labute approximate surface area is 251 Å². The maximum Gasteiger partial charge on any atom is 0.497 e. The van der Waals surface area contributed by atoms with E-state index in [1.165, 1.54) is 65.1 Å². The van der Waals surface area contributed by atoms with Crippen molar-refractivity contribution in [3.05, 3.63) is 97.9 Å². The van der Waals surface area contributed by atoms with Crippen LogP contribution in [0.3, 0.4) is 0 Å². The molecular formula is C28H23Cl2F4N4O5+. The number of hydrogen-bond donors (Lipinski definition) is 1. The molecule has 15 heteroatoms. The van der Waals surface area contributed by atoms with Gasteiger partial charge in [0.05, 0.1) is 30.8 Å². The van der Waals surface area contributed by atoms with E-state index >= 15 is 0 Å². The third-order valence-electron chi connectivity index (χ3n) is 7.22. The normalized spacial score (nSPS) is 15.0. The number of carbonyl (C=O) groups is 2. The SMILES string of the molecule is COc1ccc([N+]2(OC(=O)C(F)(F)F)CCN(C(=O)c3cc(Cc4c[nH]c(=O)c5cc(Cl)c(Cl)n45)ccc3F)CC2)cc1. The average molecular weight is 642 g/mol. The van der Waals surface area contributed by atoms with Crippen LogP contribution >= 0.6 is 23.2 Å². The van der Waals surface area contributed by atoms with Crippen molar-refractivity contribution in [3.8, 4) is 5.75 Å². The molecule has 0 unspecified atom stereocenters. The van der Waals surface area contributed by atoms with Crippen molar-refractivity contribution in [2.75, 3.05) is 33.3 Å². The van der Waals surface area contributed by atoms with Crippen molar-refractivity contribution in [1.29, 1.82) is 0 Å². The van der Waals surface area contributed by atoms with Crippen molar-refractivity contribution >= 4 is 46.3 Å². The third kappa shape index (κ3) is 5.92. The van der Waals surface area contributed by atoms with Crippen molar-refractivity contribution < 1.29 is 36.7 Å². The summed E-state index contributed by atoms with van der Waals surface area (Å²) >= 11 is 12.4. The molecule has 43 heavy (non-hydrogen) atoms. The molecular weight excluding hydrogens is 619 g/mol. The summed E-state index contributed by atoms with van der Waals surface area (Å²) in [5.74, 6) is -3.42. The number of aromatic amines is 1. The number of carbonyl (C=O) groups excluding carboxylic acids is 2. The zero-order chi connectivity index (χ0) is 31.1. The lowest BCUT2D eigenvalue weighted by molar-refractivity contribution is -0.238. The van der Waals surface area contributed by atoms with E-state index < -0.39 is 34.1 Å². The second-order valence-corrected chi connectivity index (χ2v) is 10.6. The van der Waals surface area contributed by atoms with Crippen molar-refractivity contribution in [1.82, 2.24) is 18.9 Å². The van der Waals surface area contributed by atoms with Gasteiger partial charge in [0.2, 0.25) is 0 Å². The molecule has 0 aliphatic carbocycles. The fourth-order valence-electron chi connectivity index (χ4n) is 5.01. The van der Waals surface area contributed by atoms with E-state index in [4.69, 9.17) is 32.8 Å². The number of nitrogens with one attached hydrogen (secondary N) is 1. The van der Waals surface area contributed by atoms with Gasteiger partial charge in [0.15, 0.2) is 5.69 Å². The number of piperazine rings is 1. The van der Waals surface area contributed by atoms with Gasteiger partial charge in [0.25, 0.3) is 11.5 Å². The summed E-state index contributed by atoms with van der Waals surface area (Å²) in [7, 11) is 1.42. The fourth-order valence-corrected chi connectivity index (χ4v) is 5.45. The molecule has 0 radical (unpaired) electrons. The van der Waals surface area contributed by atoms with Gasteiger partial charge >= 0.3 is 12.1 Å². The van der Waals surface area contributed by atoms with E-state index in [0.717, 1.165) is 6.07 Å². The number of hydrogen-bond acceptors (Lipinski definition) is 5. The summed E-state index contributed by atoms with van der Waals surface area (Å²) in [6, 6.07) is 11.3. The monoisotopic (exact) mass is 641 g/mol. The number of quaternary nitrogens is 1. The molecule has 3 heterocycles. The Morgan fingerprint density at radius 1 is 1.05 bits per heavy atom. The van der Waals surface area contributed by atoms with Gasteiger partial charge in [0, 0.05) is 30.4 Å². The van der Waals surface area contributed by atoms with E-state index in [2.05, 4.69) is 4.98 Å². The molecule has 1 saturated heterocycles.